The summed E-state index contributed by atoms with van der Waals surface area (Å²) in [4.78, 5) is 25.0. The molecule has 0 bridgehead atoms. The number of carbonyl (C=O) groups is 2. The Labute approximate surface area is 114 Å². The fourth-order valence-corrected chi connectivity index (χ4v) is 2.24. The molecule has 0 saturated heterocycles. The van der Waals surface area contributed by atoms with Gasteiger partial charge in [-0.25, -0.2) is 0 Å². The zero-order chi connectivity index (χ0) is 14.4. The molecule has 1 amide bonds. The highest BCUT2D eigenvalue weighted by atomic mass is 16.4. The molecule has 19 heavy (non-hydrogen) atoms. The van der Waals surface area contributed by atoms with Crippen LogP contribution >= 0.6 is 0 Å². The molecular formula is C15H21NO3. The maximum Gasteiger partial charge on any atom is 0.307 e. The third kappa shape index (κ3) is 3.81. The van der Waals surface area contributed by atoms with Gasteiger partial charge in [-0.2, -0.15) is 0 Å². The smallest absolute Gasteiger partial charge is 0.307 e. The first-order valence-electron chi connectivity index (χ1n) is 6.58. The molecule has 1 aromatic rings. The van der Waals surface area contributed by atoms with Crippen LogP contribution in [0.2, 0.25) is 0 Å². The Morgan fingerprint density at radius 1 is 1.21 bits per heavy atom. The van der Waals surface area contributed by atoms with Crippen molar-refractivity contribution >= 4 is 11.9 Å². The minimum atomic E-state index is -0.926. The van der Waals surface area contributed by atoms with Crippen LogP contribution in [-0.2, 0) is 11.2 Å². The van der Waals surface area contributed by atoms with Crippen LogP contribution in [0.15, 0.2) is 24.3 Å². The van der Waals surface area contributed by atoms with Gasteiger partial charge in [0.25, 0.3) is 5.91 Å². The summed E-state index contributed by atoms with van der Waals surface area (Å²) in [5.74, 6) is -1.03. The molecule has 1 aromatic carbocycles. The van der Waals surface area contributed by atoms with Crippen LogP contribution in [0, 0.1) is 0 Å². The number of carboxylic acids is 1. The van der Waals surface area contributed by atoms with E-state index in [0.29, 0.717) is 11.1 Å². The highest BCUT2D eigenvalue weighted by molar-refractivity contribution is 5.96. The van der Waals surface area contributed by atoms with Crippen molar-refractivity contribution in [3.63, 3.8) is 0 Å². The summed E-state index contributed by atoms with van der Waals surface area (Å²) < 4.78 is 0. The number of nitrogens with zero attached hydrogens (tertiary/aromatic N) is 1. The van der Waals surface area contributed by atoms with E-state index in [2.05, 4.69) is 0 Å². The van der Waals surface area contributed by atoms with E-state index < -0.39 is 5.97 Å². The molecule has 0 aliphatic carbocycles. The lowest BCUT2D eigenvalue weighted by atomic mass is 10.0. The van der Waals surface area contributed by atoms with Gasteiger partial charge in [0, 0.05) is 18.7 Å². The van der Waals surface area contributed by atoms with Gasteiger partial charge < -0.3 is 10.0 Å². The predicted molar refractivity (Wildman–Crippen MR) is 74.2 cm³/mol. The minimum Gasteiger partial charge on any atom is -0.481 e. The van der Waals surface area contributed by atoms with E-state index in [1.807, 2.05) is 13.8 Å². The van der Waals surface area contributed by atoms with Crippen LogP contribution in [0.1, 0.15) is 42.6 Å². The Bertz CT molecular complexity index is 452. The highest BCUT2D eigenvalue weighted by Gasteiger charge is 2.21. The van der Waals surface area contributed by atoms with E-state index in [1.165, 1.54) is 0 Å². The number of hydrogen-bond acceptors (Lipinski definition) is 2. The number of carboxylic acid groups (broad SMARTS) is 1. The standard InChI is InChI=1S/C15H21NO3/c1-4-12(5-2)16(3)15(19)13-9-7-6-8-11(13)10-14(17)18/h6-9,12H,4-5,10H2,1-3H3,(H,17,18). The van der Waals surface area contributed by atoms with Crippen molar-refractivity contribution in [1.29, 1.82) is 0 Å². The summed E-state index contributed by atoms with van der Waals surface area (Å²) in [7, 11) is 1.78. The van der Waals surface area contributed by atoms with E-state index in [0.717, 1.165) is 12.8 Å². The maximum atomic E-state index is 12.4. The maximum absolute atomic E-state index is 12.4. The number of aliphatic carboxylic acids is 1. The molecule has 0 fully saturated rings. The lowest BCUT2D eigenvalue weighted by Crippen LogP contribution is -2.36. The highest BCUT2D eigenvalue weighted by Crippen LogP contribution is 2.16. The molecule has 0 unspecified atom stereocenters. The molecular weight excluding hydrogens is 242 g/mol. The third-order valence-corrected chi connectivity index (χ3v) is 3.40. The molecule has 0 aliphatic heterocycles. The normalized spacial score (nSPS) is 10.5. The fourth-order valence-electron chi connectivity index (χ4n) is 2.24. The number of amides is 1. The van der Waals surface area contributed by atoms with Crippen LogP contribution < -0.4 is 0 Å². The Kier molecular flexibility index (Phi) is 5.55. The van der Waals surface area contributed by atoms with Crippen molar-refractivity contribution in [3.8, 4) is 0 Å². The molecule has 0 heterocycles. The lowest BCUT2D eigenvalue weighted by Gasteiger charge is -2.27. The van der Waals surface area contributed by atoms with E-state index in [9.17, 15) is 9.59 Å². The molecule has 0 aromatic heterocycles. The quantitative estimate of drug-likeness (QED) is 0.858. The van der Waals surface area contributed by atoms with Gasteiger partial charge in [-0.05, 0) is 24.5 Å². The Morgan fingerprint density at radius 2 is 1.79 bits per heavy atom. The molecule has 4 nitrogen and oxygen atoms in total. The largest absolute Gasteiger partial charge is 0.481 e. The van der Waals surface area contributed by atoms with Crippen LogP contribution in [0.5, 0.6) is 0 Å². The second kappa shape index (κ2) is 6.92. The molecule has 0 atom stereocenters. The molecule has 104 valence electrons. The van der Waals surface area contributed by atoms with Crippen LogP contribution in [0.3, 0.4) is 0 Å². The third-order valence-electron chi connectivity index (χ3n) is 3.40. The van der Waals surface area contributed by atoms with Gasteiger partial charge in [0.05, 0.1) is 6.42 Å². The Morgan fingerprint density at radius 3 is 2.32 bits per heavy atom. The van der Waals surface area contributed by atoms with Gasteiger partial charge >= 0.3 is 5.97 Å². The van der Waals surface area contributed by atoms with Gasteiger partial charge in [0.1, 0.15) is 0 Å². The van der Waals surface area contributed by atoms with Crippen molar-refractivity contribution in [1.82, 2.24) is 4.90 Å². The number of benzene rings is 1. The van der Waals surface area contributed by atoms with Crippen molar-refractivity contribution < 1.29 is 14.7 Å². The zero-order valence-corrected chi connectivity index (χ0v) is 11.7. The van der Waals surface area contributed by atoms with E-state index in [4.69, 9.17) is 5.11 Å². The molecule has 4 heteroatoms. The van der Waals surface area contributed by atoms with Crippen molar-refractivity contribution in [2.75, 3.05) is 7.05 Å². The summed E-state index contributed by atoms with van der Waals surface area (Å²) in [5.41, 5.74) is 1.05. The first kappa shape index (κ1) is 15.2. The minimum absolute atomic E-state index is 0.106. The van der Waals surface area contributed by atoms with Gasteiger partial charge in [-0.1, -0.05) is 32.0 Å². The molecule has 1 rings (SSSR count). The van der Waals surface area contributed by atoms with Crippen molar-refractivity contribution in [3.05, 3.63) is 35.4 Å². The van der Waals surface area contributed by atoms with Crippen molar-refractivity contribution in [2.45, 2.75) is 39.2 Å². The first-order valence-corrected chi connectivity index (χ1v) is 6.58. The molecule has 0 radical (unpaired) electrons. The first-order chi connectivity index (χ1) is 9.01. The summed E-state index contributed by atoms with van der Waals surface area (Å²) >= 11 is 0. The number of carbonyl (C=O) groups excluding carboxylic acids is 1. The number of hydrogen-bond donors (Lipinski definition) is 1. The van der Waals surface area contributed by atoms with Gasteiger partial charge in [-0.3, -0.25) is 9.59 Å². The summed E-state index contributed by atoms with van der Waals surface area (Å²) in [6.45, 7) is 4.09. The average Bonchev–Trinajstić information content (AvgIpc) is 2.39. The fraction of sp³-hybridized carbons (Fsp3) is 0.467. The van der Waals surface area contributed by atoms with Crippen LogP contribution in [0.4, 0.5) is 0 Å². The summed E-state index contributed by atoms with van der Waals surface area (Å²) in [6, 6.07) is 7.10. The molecule has 0 saturated carbocycles. The van der Waals surface area contributed by atoms with Crippen LogP contribution in [-0.4, -0.2) is 35.0 Å². The molecule has 1 N–H and O–H groups in total. The van der Waals surface area contributed by atoms with E-state index in [-0.39, 0.29) is 18.4 Å². The summed E-state index contributed by atoms with van der Waals surface area (Å²) in [5, 5.41) is 8.89. The van der Waals surface area contributed by atoms with Gasteiger partial charge in [0.2, 0.25) is 0 Å². The number of rotatable bonds is 6. The second-order valence-electron chi connectivity index (χ2n) is 4.61. The molecule has 0 aliphatic rings. The zero-order valence-electron chi connectivity index (χ0n) is 11.7. The van der Waals surface area contributed by atoms with Crippen molar-refractivity contribution in [2.24, 2.45) is 0 Å². The van der Waals surface area contributed by atoms with Gasteiger partial charge in [-0.15, -0.1) is 0 Å². The SMILES string of the molecule is CCC(CC)N(C)C(=O)c1ccccc1CC(=O)O. The van der Waals surface area contributed by atoms with E-state index >= 15 is 0 Å². The monoisotopic (exact) mass is 263 g/mol. The van der Waals surface area contributed by atoms with Gasteiger partial charge in [0.15, 0.2) is 0 Å². The predicted octanol–water partition coefficient (Wildman–Crippen LogP) is 2.57. The average molecular weight is 263 g/mol. The lowest BCUT2D eigenvalue weighted by molar-refractivity contribution is -0.136. The Hall–Kier alpha value is -1.84. The summed E-state index contributed by atoms with van der Waals surface area (Å²) in [6.07, 6.45) is 1.65. The van der Waals surface area contributed by atoms with E-state index in [1.54, 1.807) is 36.2 Å². The van der Waals surface area contributed by atoms with Crippen LogP contribution in [0.25, 0.3) is 0 Å². The topological polar surface area (TPSA) is 57.6 Å². The molecule has 0 spiro atoms. The Balaban J connectivity index is 3.02. The second-order valence-corrected chi connectivity index (χ2v) is 4.61.